The molecule has 2 fully saturated rings. The number of amides is 1. The molecule has 0 atom stereocenters. The molecule has 22 heavy (non-hydrogen) atoms. The average molecular weight is 301 g/mol. The van der Waals surface area contributed by atoms with Gasteiger partial charge in [-0.15, -0.1) is 0 Å². The highest BCUT2D eigenvalue weighted by molar-refractivity contribution is 5.92. The maximum atomic E-state index is 12.0. The van der Waals surface area contributed by atoms with Gasteiger partial charge in [-0.1, -0.05) is 6.92 Å². The SMILES string of the molecule is CC1CCN(c2ccc(NC(=O)CN3CCCC3)cc2)CC1. The highest BCUT2D eigenvalue weighted by Crippen LogP contribution is 2.24. The maximum Gasteiger partial charge on any atom is 0.238 e. The van der Waals surface area contributed by atoms with Crippen LogP contribution in [0.2, 0.25) is 0 Å². The molecule has 1 aromatic rings. The quantitative estimate of drug-likeness (QED) is 0.929. The molecule has 0 saturated carbocycles. The Balaban J connectivity index is 1.51. The second-order valence-electron chi connectivity index (χ2n) is 6.75. The van der Waals surface area contributed by atoms with Gasteiger partial charge in [0.1, 0.15) is 0 Å². The van der Waals surface area contributed by atoms with Crippen molar-refractivity contribution in [2.45, 2.75) is 32.6 Å². The lowest BCUT2D eigenvalue weighted by Gasteiger charge is -2.32. The third-order valence-electron chi connectivity index (χ3n) is 4.87. The molecule has 0 bridgehead atoms. The largest absolute Gasteiger partial charge is 0.372 e. The van der Waals surface area contributed by atoms with Crippen LogP contribution < -0.4 is 10.2 Å². The summed E-state index contributed by atoms with van der Waals surface area (Å²) in [5.41, 5.74) is 2.17. The molecule has 3 rings (SSSR count). The monoisotopic (exact) mass is 301 g/mol. The molecule has 120 valence electrons. The highest BCUT2D eigenvalue weighted by Gasteiger charge is 2.17. The molecule has 0 spiro atoms. The number of nitrogens with one attached hydrogen (secondary N) is 1. The van der Waals surface area contributed by atoms with E-state index in [9.17, 15) is 4.79 Å². The van der Waals surface area contributed by atoms with Gasteiger partial charge in [0.15, 0.2) is 0 Å². The van der Waals surface area contributed by atoms with Crippen LogP contribution in [0.15, 0.2) is 24.3 Å². The van der Waals surface area contributed by atoms with Gasteiger partial charge in [0.2, 0.25) is 5.91 Å². The minimum absolute atomic E-state index is 0.0986. The number of hydrogen-bond acceptors (Lipinski definition) is 3. The van der Waals surface area contributed by atoms with Crippen molar-refractivity contribution >= 4 is 17.3 Å². The van der Waals surface area contributed by atoms with Gasteiger partial charge in [0, 0.05) is 24.5 Å². The van der Waals surface area contributed by atoms with E-state index in [0.717, 1.165) is 37.8 Å². The van der Waals surface area contributed by atoms with Crippen LogP contribution in [-0.2, 0) is 4.79 Å². The smallest absolute Gasteiger partial charge is 0.238 e. The first-order chi connectivity index (χ1) is 10.7. The van der Waals surface area contributed by atoms with Gasteiger partial charge >= 0.3 is 0 Å². The van der Waals surface area contributed by atoms with Crippen LogP contribution in [0.5, 0.6) is 0 Å². The van der Waals surface area contributed by atoms with Gasteiger partial charge in [0.25, 0.3) is 0 Å². The number of carbonyl (C=O) groups is 1. The van der Waals surface area contributed by atoms with Crippen LogP contribution in [0.3, 0.4) is 0 Å². The average Bonchev–Trinajstić information content (AvgIpc) is 3.02. The molecule has 0 aromatic heterocycles. The molecule has 2 aliphatic heterocycles. The van der Waals surface area contributed by atoms with Crippen molar-refractivity contribution in [1.29, 1.82) is 0 Å². The molecule has 0 unspecified atom stereocenters. The van der Waals surface area contributed by atoms with E-state index in [4.69, 9.17) is 0 Å². The number of nitrogens with zero attached hydrogens (tertiary/aromatic N) is 2. The summed E-state index contributed by atoms with van der Waals surface area (Å²) in [5, 5.41) is 3.01. The van der Waals surface area contributed by atoms with E-state index in [2.05, 4.69) is 34.2 Å². The molecule has 1 aromatic carbocycles. The summed E-state index contributed by atoms with van der Waals surface area (Å²) in [4.78, 5) is 16.7. The number of hydrogen-bond donors (Lipinski definition) is 1. The van der Waals surface area contributed by atoms with Gasteiger partial charge in [-0.2, -0.15) is 0 Å². The summed E-state index contributed by atoms with van der Waals surface area (Å²) in [5.74, 6) is 0.946. The second kappa shape index (κ2) is 7.14. The van der Waals surface area contributed by atoms with E-state index in [1.165, 1.54) is 31.4 Å². The van der Waals surface area contributed by atoms with Gasteiger partial charge < -0.3 is 10.2 Å². The fraction of sp³-hybridized carbons (Fsp3) is 0.611. The lowest BCUT2D eigenvalue weighted by molar-refractivity contribution is -0.117. The zero-order valence-corrected chi connectivity index (χ0v) is 13.6. The number of piperidine rings is 1. The molecule has 2 saturated heterocycles. The Morgan fingerprint density at radius 2 is 1.73 bits per heavy atom. The molecular weight excluding hydrogens is 274 g/mol. The Morgan fingerprint density at radius 1 is 1.09 bits per heavy atom. The van der Waals surface area contributed by atoms with Crippen LogP contribution in [0.25, 0.3) is 0 Å². The first-order valence-electron chi connectivity index (χ1n) is 8.58. The van der Waals surface area contributed by atoms with E-state index in [1.807, 2.05) is 12.1 Å². The van der Waals surface area contributed by atoms with E-state index < -0.39 is 0 Å². The van der Waals surface area contributed by atoms with Crippen LogP contribution in [0.1, 0.15) is 32.6 Å². The van der Waals surface area contributed by atoms with Crippen LogP contribution >= 0.6 is 0 Å². The molecule has 4 heteroatoms. The summed E-state index contributed by atoms with van der Waals surface area (Å²) >= 11 is 0. The predicted molar refractivity (Wildman–Crippen MR) is 91.4 cm³/mol. The van der Waals surface area contributed by atoms with Crippen molar-refractivity contribution in [1.82, 2.24) is 4.90 Å². The van der Waals surface area contributed by atoms with Crippen molar-refractivity contribution in [3.63, 3.8) is 0 Å². The normalized spacial score (nSPS) is 20.3. The van der Waals surface area contributed by atoms with Crippen molar-refractivity contribution in [2.24, 2.45) is 5.92 Å². The Hall–Kier alpha value is -1.55. The second-order valence-corrected chi connectivity index (χ2v) is 6.75. The molecule has 0 radical (unpaired) electrons. The van der Waals surface area contributed by atoms with Crippen LogP contribution in [0.4, 0.5) is 11.4 Å². The van der Waals surface area contributed by atoms with E-state index in [0.29, 0.717) is 6.54 Å². The van der Waals surface area contributed by atoms with Crippen molar-refractivity contribution in [3.8, 4) is 0 Å². The predicted octanol–water partition coefficient (Wildman–Crippen LogP) is 2.96. The van der Waals surface area contributed by atoms with Crippen molar-refractivity contribution in [3.05, 3.63) is 24.3 Å². The minimum Gasteiger partial charge on any atom is -0.372 e. The van der Waals surface area contributed by atoms with Gasteiger partial charge in [-0.25, -0.2) is 0 Å². The van der Waals surface area contributed by atoms with Crippen molar-refractivity contribution in [2.75, 3.05) is 42.9 Å². The lowest BCUT2D eigenvalue weighted by atomic mass is 9.99. The number of benzene rings is 1. The number of anilines is 2. The van der Waals surface area contributed by atoms with E-state index >= 15 is 0 Å². The fourth-order valence-corrected chi connectivity index (χ4v) is 3.37. The number of carbonyl (C=O) groups excluding carboxylic acids is 1. The summed E-state index contributed by atoms with van der Waals surface area (Å²) in [6.45, 7) is 7.24. The Kier molecular flexibility index (Phi) is 4.98. The first-order valence-corrected chi connectivity index (χ1v) is 8.58. The summed E-state index contributed by atoms with van der Waals surface area (Å²) < 4.78 is 0. The molecule has 1 amide bonds. The lowest BCUT2D eigenvalue weighted by Crippen LogP contribution is -2.32. The minimum atomic E-state index is 0.0986. The number of likely N-dealkylation sites (tertiary alicyclic amines) is 1. The van der Waals surface area contributed by atoms with Gasteiger partial charge in [0.05, 0.1) is 6.54 Å². The van der Waals surface area contributed by atoms with Gasteiger partial charge in [-0.3, -0.25) is 9.69 Å². The summed E-state index contributed by atoms with van der Waals surface area (Å²) in [7, 11) is 0. The van der Waals surface area contributed by atoms with E-state index in [-0.39, 0.29) is 5.91 Å². The molecule has 4 nitrogen and oxygen atoms in total. The fourth-order valence-electron chi connectivity index (χ4n) is 3.37. The molecule has 2 heterocycles. The molecule has 2 aliphatic rings. The number of rotatable bonds is 4. The van der Waals surface area contributed by atoms with E-state index in [1.54, 1.807) is 0 Å². The van der Waals surface area contributed by atoms with Gasteiger partial charge in [-0.05, 0) is 69.0 Å². The molecule has 1 N–H and O–H groups in total. The molecular formula is C18H27N3O. The standard InChI is InChI=1S/C18H27N3O/c1-15-8-12-21(13-9-15)17-6-4-16(5-7-17)19-18(22)14-20-10-2-3-11-20/h4-7,15H,2-3,8-14H2,1H3,(H,19,22). The third-order valence-corrected chi connectivity index (χ3v) is 4.87. The van der Waals surface area contributed by atoms with Crippen LogP contribution in [-0.4, -0.2) is 43.5 Å². The Morgan fingerprint density at radius 3 is 2.36 bits per heavy atom. The maximum absolute atomic E-state index is 12.0. The summed E-state index contributed by atoms with van der Waals surface area (Å²) in [6, 6.07) is 8.30. The first kappa shape index (κ1) is 15.3. The topological polar surface area (TPSA) is 35.6 Å². The Labute approximate surface area is 133 Å². The van der Waals surface area contributed by atoms with Crippen molar-refractivity contribution < 1.29 is 4.79 Å². The highest BCUT2D eigenvalue weighted by atomic mass is 16.2. The molecule has 0 aliphatic carbocycles. The third kappa shape index (κ3) is 4.01. The zero-order valence-electron chi connectivity index (χ0n) is 13.6. The summed E-state index contributed by atoms with van der Waals surface area (Å²) in [6.07, 6.45) is 4.98. The Bertz CT molecular complexity index is 486. The zero-order chi connectivity index (χ0) is 15.4. The van der Waals surface area contributed by atoms with Crippen LogP contribution in [0, 0.1) is 5.92 Å².